The maximum absolute atomic E-state index is 13.8. The first-order valence-corrected chi connectivity index (χ1v) is 8.94. The number of carbonyl (C=O) groups is 2. The summed E-state index contributed by atoms with van der Waals surface area (Å²) in [5, 5.41) is 2.57. The summed E-state index contributed by atoms with van der Waals surface area (Å²) in [4.78, 5) is 26.3. The number of rotatable bonds is 5. The Balaban J connectivity index is 1.59. The van der Waals surface area contributed by atoms with E-state index in [-0.39, 0.29) is 36.0 Å². The maximum Gasteiger partial charge on any atom is 0.387 e. The Hall–Kier alpha value is -3.10. The second kappa shape index (κ2) is 8.93. The molecule has 9 heteroatoms. The van der Waals surface area contributed by atoms with Gasteiger partial charge in [-0.1, -0.05) is 12.1 Å². The van der Waals surface area contributed by atoms with Crippen LogP contribution in [0.2, 0.25) is 0 Å². The number of amides is 2. The molecule has 1 saturated heterocycles. The summed E-state index contributed by atoms with van der Waals surface area (Å²) in [5.74, 6) is -3.25. The van der Waals surface area contributed by atoms with E-state index in [4.69, 9.17) is 0 Å². The summed E-state index contributed by atoms with van der Waals surface area (Å²) < 4.78 is 56.2. The number of piperidine rings is 1. The zero-order chi connectivity index (χ0) is 21.0. The van der Waals surface area contributed by atoms with Crippen LogP contribution >= 0.6 is 0 Å². The highest BCUT2D eigenvalue weighted by atomic mass is 19.3. The SMILES string of the molecule is O=C(Nc1ccccc1OC(F)F)C1CCN(C(=O)c2ccc(F)cc2F)CC1. The van der Waals surface area contributed by atoms with Crippen molar-refractivity contribution in [3.8, 4) is 5.75 Å². The van der Waals surface area contributed by atoms with Gasteiger partial charge in [0.05, 0.1) is 11.3 Å². The highest BCUT2D eigenvalue weighted by Gasteiger charge is 2.29. The van der Waals surface area contributed by atoms with Gasteiger partial charge >= 0.3 is 6.61 Å². The molecule has 2 aromatic carbocycles. The molecule has 0 bridgehead atoms. The molecule has 29 heavy (non-hydrogen) atoms. The average molecular weight is 410 g/mol. The Labute approximate surface area is 164 Å². The number of nitrogens with zero attached hydrogens (tertiary/aromatic N) is 1. The van der Waals surface area contributed by atoms with E-state index >= 15 is 0 Å². The van der Waals surface area contributed by atoms with Gasteiger partial charge in [-0.2, -0.15) is 8.78 Å². The van der Waals surface area contributed by atoms with Crippen molar-refractivity contribution in [1.82, 2.24) is 4.90 Å². The lowest BCUT2D eigenvalue weighted by atomic mass is 9.95. The first-order chi connectivity index (χ1) is 13.8. The molecule has 0 aliphatic carbocycles. The van der Waals surface area contributed by atoms with Gasteiger partial charge in [0.25, 0.3) is 5.91 Å². The van der Waals surface area contributed by atoms with Gasteiger partial charge in [0.1, 0.15) is 17.4 Å². The highest BCUT2D eigenvalue weighted by molar-refractivity contribution is 5.96. The van der Waals surface area contributed by atoms with Crippen molar-refractivity contribution in [3.05, 3.63) is 59.7 Å². The number of likely N-dealkylation sites (tertiary alicyclic amines) is 1. The Kier molecular flexibility index (Phi) is 6.36. The first kappa shape index (κ1) is 20.6. The molecule has 2 aromatic rings. The minimum atomic E-state index is -3.02. The molecular weight excluding hydrogens is 392 g/mol. The van der Waals surface area contributed by atoms with Crippen LogP contribution in [0.5, 0.6) is 5.75 Å². The molecule has 5 nitrogen and oxygen atoms in total. The molecule has 1 fully saturated rings. The fourth-order valence-electron chi connectivity index (χ4n) is 3.18. The Morgan fingerprint density at radius 2 is 1.76 bits per heavy atom. The Bertz CT molecular complexity index is 899. The van der Waals surface area contributed by atoms with Crippen LogP contribution in [0.15, 0.2) is 42.5 Å². The summed E-state index contributed by atoms with van der Waals surface area (Å²) in [6.07, 6.45) is 0.635. The van der Waals surface area contributed by atoms with Crippen LogP contribution in [-0.2, 0) is 4.79 Å². The van der Waals surface area contributed by atoms with Crippen LogP contribution in [0.3, 0.4) is 0 Å². The van der Waals surface area contributed by atoms with Crippen molar-refractivity contribution in [2.45, 2.75) is 19.5 Å². The van der Waals surface area contributed by atoms with E-state index in [9.17, 15) is 27.2 Å². The van der Waals surface area contributed by atoms with Crippen LogP contribution in [0.1, 0.15) is 23.2 Å². The molecule has 0 radical (unpaired) electrons. The van der Waals surface area contributed by atoms with E-state index in [1.807, 2.05) is 0 Å². The van der Waals surface area contributed by atoms with E-state index in [1.54, 1.807) is 6.07 Å². The fourth-order valence-corrected chi connectivity index (χ4v) is 3.18. The first-order valence-electron chi connectivity index (χ1n) is 8.94. The van der Waals surface area contributed by atoms with Crippen LogP contribution in [0.4, 0.5) is 23.2 Å². The van der Waals surface area contributed by atoms with Crippen LogP contribution in [0.25, 0.3) is 0 Å². The summed E-state index contributed by atoms with van der Waals surface area (Å²) in [5.41, 5.74) is -0.0999. The molecule has 0 spiro atoms. The van der Waals surface area contributed by atoms with E-state index < -0.39 is 30.1 Å². The predicted octanol–water partition coefficient (Wildman–Crippen LogP) is 4.06. The zero-order valence-electron chi connectivity index (χ0n) is 15.2. The van der Waals surface area contributed by atoms with Gasteiger partial charge < -0.3 is 15.0 Å². The monoisotopic (exact) mass is 410 g/mol. The minimum Gasteiger partial charge on any atom is -0.433 e. The number of hydrogen-bond acceptors (Lipinski definition) is 3. The van der Waals surface area contributed by atoms with Gasteiger partial charge in [-0.05, 0) is 37.1 Å². The van der Waals surface area contributed by atoms with Crippen LogP contribution < -0.4 is 10.1 Å². The molecule has 1 aliphatic rings. The lowest BCUT2D eigenvalue weighted by Crippen LogP contribution is -2.41. The summed E-state index contributed by atoms with van der Waals surface area (Å²) in [6, 6.07) is 8.60. The number of para-hydroxylation sites is 2. The van der Waals surface area contributed by atoms with Crippen molar-refractivity contribution in [1.29, 1.82) is 0 Å². The molecule has 0 unspecified atom stereocenters. The smallest absolute Gasteiger partial charge is 0.387 e. The fraction of sp³-hybridized carbons (Fsp3) is 0.300. The van der Waals surface area contributed by atoms with E-state index in [0.717, 1.165) is 12.1 Å². The average Bonchev–Trinajstić information content (AvgIpc) is 2.69. The Morgan fingerprint density at radius 1 is 1.07 bits per heavy atom. The molecule has 1 aliphatic heterocycles. The normalized spacial score (nSPS) is 14.7. The third-order valence-corrected chi connectivity index (χ3v) is 4.68. The number of carbonyl (C=O) groups excluding carboxylic acids is 2. The highest BCUT2D eigenvalue weighted by Crippen LogP contribution is 2.28. The molecule has 0 saturated carbocycles. The second-order valence-electron chi connectivity index (χ2n) is 6.55. The zero-order valence-corrected chi connectivity index (χ0v) is 15.2. The predicted molar refractivity (Wildman–Crippen MR) is 96.7 cm³/mol. The molecule has 1 N–H and O–H groups in total. The third-order valence-electron chi connectivity index (χ3n) is 4.68. The number of hydrogen-bond donors (Lipinski definition) is 1. The number of benzene rings is 2. The molecule has 0 aromatic heterocycles. The van der Waals surface area contributed by atoms with Gasteiger partial charge in [0, 0.05) is 25.1 Å². The number of ether oxygens (including phenoxy) is 1. The van der Waals surface area contributed by atoms with Gasteiger partial charge in [-0.3, -0.25) is 9.59 Å². The van der Waals surface area contributed by atoms with Gasteiger partial charge in [-0.15, -0.1) is 0 Å². The summed E-state index contributed by atoms with van der Waals surface area (Å²) in [6.45, 7) is -2.60. The minimum absolute atomic E-state index is 0.129. The van der Waals surface area contributed by atoms with Crippen LogP contribution in [0, 0.1) is 17.6 Å². The number of nitrogens with one attached hydrogen (secondary N) is 1. The van der Waals surface area contributed by atoms with Crippen molar-refractivity contribution in [2.24, 2.45) is 5.92 Å². The molecule has 1 heterocycles. The molecule has 3 rings (SSSR count). The third kappa shape index (κ3) is 5.04. The molecule has 2 amide bonds. The lowest BCUT2D eigenvalue weighted by Gasteiger charge is -2.31. The lowest BCUT2D eigenvalue weighted by molar-refractivity contribution is -0.121. The second-order valence-corrected chi connectivity index (χ2v) is 6.55. The maximum atomic E-state index is 13.8. The topological polar surface area (TPSA) is 58.6 Å². The van der Waals surface area contributed by atoms with Gasteiger partial charge in [0.2, 0.25) is 5.91 Å². The van der Waals surface area contributed by atoms with E-state index in [1.165, 1.54) is 23.1 Å². The van der Waals surface area contributed by atoms with Crippen molar-refractivity contribution in [3.63, 3.8) is 0 Å². The molecular formula is C20H18F4N2O3. The van der Waals surface area contributed by atoms with Gasteiger partial charge in [0.15, 0.2) is 0 Å². The number of halogens is 4. The van der Waals surface area contributed by atoms with Crippen LogP contribution in [-0.4, -0.2) is 36.4 Å². The number of alkyl halides is 2. The van der Waals surface area contributed by atoms with Crippen molar-refractivity contribution in [2.75, 3.05) is 18.4 Å². The Morgan fingerprint density at radius 3 is 2.41 bits per heavy atom. The van der Waals surface area contributed by atoms with E-state index in [0.29, 0.717) is 18.9 Å². The number of anilines is 1. The summed E-state index contributed by atoms with van der Waals surface area (Å²) in [7, 11) is 0. The van der Waals surface area contributed by atoms with Crippen molar-refractivity contribution < 1.29 is 31.9 Å². The summed E-state index contributed by atoms with van der Waals surface area (Å²) >= 11 is 0. The molecule has 0 atom stereocenters. The molecule has 154 valence electrons. The van der Waals surface area contributed by atoms with Gasteiger partial charge in [-0.25, -0.2) is 8.78 Å². The quantitative estimate of drug-likeness (QED) is 0.757. The van der Waals surface area contributed by atoms with Crippen molar-refractivity contribution >= 4 is 17.5 Å². The largest absolute Gasteiger partial charge is 0.433 e. The standard InChI is InChI=1S/C20H18F4N2O3/c21-13-5-6-14(15(22)11-13)19(28)26-9-7-12(8-10-26)18(27)25-16-3-1-2-4-17(16)29-20(23)24/h1-6,11-12,20H,7-10H2,(H,25,27). The van der Waals surface area contributed by atoms with E-state index in [2.05, 4.69) is 10.1 Å².